The topological polar surface area (TPSA) is 34.1 Å². The van der Waals surface area contributed by atoms with Crippen molar-refractivity contribution in [1.82, 2.24) is 0 Å². The highest BCUT2D eigenvalue weighted by Gasteiger charge is 2.50. The van der Waals surface area contributed by atoms with Gasteiger partial charge in [-0.15, -0.1) is 0 Å². The van der Waals surface area contributed by atoms with Gasteiger partial charge >= 0.3 is 0 Å². The number of ketones is 2. The fourth-order valence-electron chi connectivity index (χ4n) is 2.58. The van der Waals surface area contributed by atoms with Crippen LogP contribution in [-0.4, -0.2) is 11.6 Å². The third-order valence-corrected chi connectivity index (χ3v) is 3.41. The van der Waals surface area contributed by atoms with E-state index in [-0.39, 0.29) is 34.2 Å². The molecule has 1 aliphatic carbocycles. The molecule has 2 heteroatoms. The summed E-state index contributed by atoms with van der Waals surface area (Å²) in [6.45, 7) is 12.5. The van der Waals surface area contributed by atoms with Crippen LogP contribution in [0.5, 0.6) is 0 Å². The van der Waals surface area contributed by atoms with Crippen LogP contribution in [0.15, 0.2) is 0 Å². The van der Waals surface area contributed by atoms with Gasteiger partial charge in [0, 0.05) is 12.3 Å². The average molecular weight is 210 g/mol. The van der Waals surface area contributed by atoms with Gasteiger partial charge in [-0.05, 0) is 16.7 Å². The second-order valence-corrected chi connectivity index (χ2v) is 6.81. The molecular formula is C13H22O2. The van der Waals surface area contributed by atoms with E-state index in [4.69, 9.17) is 0 Å². The maximum atomic E-state index is 11.9. The molecule has 0 aromatic carbocycles. The minimum atomic E-state index is -0.171. The standard InChI is InChI=1S/C13H22O2/c1-12(2,3)8-7-9(14)11(15)10(8)13(4,5)6/h8,10H,7H2,1-6H3. The minimum absolute atomic E-state index is 0.0275. The van der Waals surface area contributed by atoms with Crippen molar-refractivity contribution >= 4 is 11.6 Å². The van der Waals surface area contributed by atoms with Crippen LogP contribution < -0.4 is 0 Å². The fourth-order valence-corrected chi connectivity index (χ4v) is 2.58. The van der Waals surface area contributed by atoms with Crippen LogP contribution in [0.3, 0.4) is 0 Å². The maximum absolute atomic E-state index is 11.9. The van der Waals surface area contributed by atoms with Crippen LogP contribution in [0.2, 0.25) is 0 Å². The molecule has 2 nitrogen and oxygen atoms in total. The van der Waals surface area contributed by atoms with E-state index in [1.165, 1.54) is 0 Å². The van der Waals surface area contributed by atoms with Crippen LogP contribution in [0.1, 0.15) is 48.0 Å². The van der Waals surface area contributed by atoms with E-state index in [9.17, 15) is 9.59 Å². The van der Waals surface area contributed by atoms with Gasteiger partial charge in [-0.1, -0.05) is 41.5 Å². The molecule has 0 bridgehead atoms. The van der Waals surface area contributed by atoms with Gasteiger partial charge in [-0.3, -0.25) is 9.59 Å². The Labute approximate surface area is 92.4 Å². The average Bonchev–Trinajstić information content (AvgIpc) is 2.25. The SMILES string of the molecule is CC(C)(C)C1CC(=O)C(=O)C1C(C)(C)C. The van der Waals surface area contributed by atoms with Gasteiger partial charge in [-0.2, -0.15) is 0 Å². The monoisotopic (exact) mass is 210 g/mol. The first-order chi connectivity index (χ1) is 6.55. The van der Waals surface area contributed by atoms with Crippen molar-refractivity contribution in [3.63, 3.8) is 0 Å². The van der Waals surface area contributed by atoms with Crippen molar-refractivity contribution in [3.8, 4) is 0 Å². The van der Waals surface area contributed by atoms with Crippen molar-refractivity contribution in [2.45, 2.75) is 48.0 Å². The molecule has 1 saturated carbocycles. The van der Waals surface area contributed by atoms with E-state index in [0.717, 1.165) is 0 Å². The molecule has 0 radical (unpaired) electrons. The van der Waals surface area contributed by atoms with Crippen molar-refractivity contribution in [2.24, 2.45) is 22.7 Å². The summed E-state index contributed by atoms with van der Waals surface area (Å²) in [6.07, 6.45) is 0.435. The lowest BCUT2D eigenvalue weighted by molar-refractivity contribution is -0.137. The third-order valence-electron chi connectivity index (χ3n) is 3.41. The van der Waals surface area contributed by atoms with Gasteiger partial charge in [0.25, 0.3) is 0 Å². The summed E-state index contributed by atoms with van der Waals surface area (Å²) in [5.41, 5.74) is -0.0824. The van der Waals surface area contributed by atoms with Crippen LogP contribution in [-0.2, 0) is 9.59 Å². The molecule has 0 aromatic rings. The highest BCUT2D eigenvalue weighted by Crippen LogP contribution is 2.47. The van der Waals surface area contributed by atoms with Crippen molar-refractivity contribution in [3.05, 3.63) is 0 Å². The normalized spacial score (nSPS) is 28.7. The largest absolute Gasteiger partial charge is 0.291 e. The molecule has 15 heavy (non-hydrogen) atoms. The molecule has 2 atom stereocenters. The summed E-state index contributed by atoms with van der Waals surface area (Å²) < 4.78 is 0. The second-order valence-electron chi connectivity index (χ2n) is 6.81. The molecule has 0 amide bonds. The van der Waals surface area contributed by atoms with Crippen LogP contribution >= 0.6 is 0 Å². The lowest BCUT2D eigenvalue weighted by Gasteiger charge is -2.37. The van der Waals surface area contributed by atoms with E-state index < -0.39 is 0 Å². The Bertz CT molecular complexity index is 289. The van der Waals surface area contributed by atoms with Gasteiger partial charge in [0.2, 0.25) is 5.78 Å². The molecule has 0 heterocycles. The quantitative estimate of drug-likeness (QED) is 0.576. The Morgan fingerprint density at radius 2 is 1.40 bits per heavy atom. The molecule has 0 N–H and O–H groups in total. The molecule has 1 fully saturated rings. The molecule has 0 spiro atoms. The number of Topliss-reactive ketones (excluding diaryl/α,β-unsaturated/α-hetero) is 2. The number of carbonyl (C=O) groups excluding carboxylic acids is 2. The van der Waals surface area contributed by atoms with E-state index in [0.29, 0.717) is 6.42 Å². The van der Waals surface area contributed by atoms with E-state index in [2.05, 4.69) is 20.8 Å². The lowest BCUT2D eigenvalue weighted by Crippen LogP contribution is -2.36. The second kappa shape index (κ2) is 3.43. The Morgan fingerprint density at radius 1 is 0.933 bits per heavy atom. The van der Waals surface area contributed by atoms with E-state index in [1.807, 2.05) is 20.8 Å². The van der Waals surface area contributed by atoms with Gasteiger partial charge < -0.3 is 0 Å². The van der Waals surface area contributed by atoms with E-state index in [1.54, 1.807) is 0 Å². The first kappa shape index (κ1) is 12.4. The number of carbonyl (C=O) groups is 2. The summed E-state index contributed by atoms with van der Waals surface area (Å²) in [6, 6.07) is 0. The van der Waals surface area contributed by atoms with Gasteiger partial charge in [0.1, 0.15) is 0 Å². The Morgan fingerprint density at radius 3 is 1.67 bits per heavy atom. The zero-order chi connectivity index (χ0) is 12.0. The molecule has 0 saturated heterocycles. The predicted molar refractivity (Wildman–Crippen MR) is 60.5 cm³/mol. The highest BCUT2D eigenvalue weighted by atomic mass is 16.2. The highest BCUT2D eigenvalue weighted by molar-refractivity contribution is 6.40. The zero-order valence-corrected chi connectivity index (χ0v) is 10.7. The van der Waals surface area contributed by atoms with Crippen molar-refractivity contribution < 1.29 is 9.59 Å². The van der Waals surface area contributed by atoms with Crippen molar-refractivity contribution in [1.29, 1.82) is 0 Å². The predicted octanol–water partition coefficient (Wildman–Crippen LogP) is 2.85. The first-order valence-electron chi connectivity index (χ1n) is 5.62. The number of hydrogen-bond donors (Lipinski definition) is 0. The Balaban J connectivity index is 3.09. The molecule has 0 aliphatic heterocycles. The smallest absolute Gasteiger partial charge is 0.202 e. The molecular weight excluding hydrogens is 188 g/mol. The Kier molecular flexibility index (Phi) is 2.84. The maximum Gasteiger partial charge on any atom is 0.202 e. The van der Waals surface area contributed by atoms with E-state index >= 15 is 0 Å². The van der Waals surface area contributed by atoms with Gasteiger partial charge in [0.05, 0.1) is 0 Å². The molecule has 0 aromatic heterocycles. The molecule has 2 unspecified atom stereocenters. The summed E-state index contributed by atoms with van der Waals surface area (Å²) in [5.74, 6) is -0.236. The fraction of sp³-hybridized carbons (Fsp3) is 0.846. The summed E-state index contributed by atoms with van der Waals surface area (Å²) >= 11 is 0. The molecule has 1 rings (SSSR count). The summed E-state index contributed by atoms with van der Waals surface area (Å²) in [7, 11) is 0. The van der Waals surface area contributed by atoms with Crippen LogP contribution in [0, 0.1) is 22.7 Å². The number of hydrogen-bond acceptors (Lipinski definition) is 2. The minimum Gasteiger partial charge on any atom is -0.291 e. The third kappa shape index (κ3) is 2.30. The number of rotatable bonds is 0. The van der Waals surface area contributed by atoms with Gasteiger partial charge in [0.15, 0.2) is 5.78 Å². The zero-order valence-electron chi connectivity index (χ0n) is 10.7. The van der Waals surface area contributed by atoms with Crippen LogP contribution in [0.4, 0.5) is 0 Å². The first-order valence-corrected chi connectivity index (χ1v) is 5.62. The Hall–Kier alpha value is -0.660. The summed E-state index contributed by atoms with van der Waals surface area (Å²) in [5, 5.41) is 0. The van der Waals surface area contributed by atoms with Gasteiger partial charge in [-0.25, -0.2) is 0 Å². The van der Waals surface area contributed by atoms with Crippen molar-refractivity contribution in [2.75, 3.05) is 0 Å². The van der Waals surface area contributed by atoms with Crippen LogP contribution in [0.25, 0.3) is 0 Å². The summed E-state index contributed by atoms with van der Waals surface area (Å²) in [4.78, 5) is 23.4. The molecule has 86 valence electrons. The lowest BCUT2D eigenvalue weighted by atomic mass is 9.66. The molecule has 1 aliphatic rings.